The van der Waals surface area contributed by atoms with Crippen LogP contribution in [0.15, 0.2) is 66.7 Å². The average Bonchev–Trinajstić information content (AvgIpc) is 2.93. The quantitative estimate of drug-likeness (QED) is 0.677. The van der Waals surface area contributed by atoms with Crippen molar-refractivity contribution < 1.29 is 0 Å². The van der Waals surface area contributed by atoms with E-state index in [0.717, 1.165) is 6.54 Å². The topological polar surface area (TPSA) is 15.3 Å². The molecule has 0 saturated heterocycles. The largest absolute Gasteiger partial charge is 0.243 e. The van der Waals surface area contributed by atoms with Crippen LogP contribution in [0.4, 0.5) is 0 Å². The molecule has 0 spiro atoms. The highest BCUT2D eigenvalue weighted by Crippen LogP contribution is 2.43. The molecule has 3 aromatic carbocycles. The monoisotopic (exact) mass is 328 g/mol. The van der Waals surface area contributed by atoms with Gasteiger partial charge in [0.2, 0.25) is 0 Å². The number of rotatable bonds is 4. The highest BCUT2D eigenvalue weighted by Gasteiger charge is 2.28. The van der Waals surface area contributed by atoms with Gasteiger partial charge in [0.15, 0.2) is 0 Å². The van der Waals surface area contributed by atoms with Gasteiger partial charge >= 0.3 is 0 Å². The average molecular weight is 328 g/mol. The van der Waals surface area contributed by atoms with E-state index in [1.54, 1.807) is 0 Å². The number of fused-ring (bicyclic) bond motifs is 3. The van der Waals surface area contributed by atoms with Crippen LogP contribution in [0.2, 0.25) is 0 Å². The minimum atomic E-state index is 0.211. The van der Waals surface area contributed by atoms with E-state index in [1.165, 1.54) is 38.9 Å². The van der Waals surface area contributed by atoms with Crippen molar-refractivity contribution in [2.75, 3.05) is 7.05 Å². The summed E-state index contributed by atoms with van der Waals surface area (Å²) in [6.45, 7) is 5.22. The fourth-order valence-electron chi connectivity index (χ4n) is 3.79. The molecule has 0 aliphatic heterocycles. The van der Waals surface area contributed by atoms with Crippen molar-refractivity contribution in [2.45, 2.75) is 26.4 Å². The maximum atomic E-state index is 3.72. The molecule has 0 atom stereocenters. The molecule has 0 amide bonds. The van der Waals surface area contributed by atoms with E-state index < -0.39 is 0 Å². The van der Waals surface area contributed by atoms with Crippen molar-refractivity contribution in [3.05, 3.63) is 94.5 Å². The minimum absolute atomic E-state index is 0.211. The molecule has 0 bridgehead atoms. The molecule has 0 radical (unpaired) electrons. The summed E-state index contributed by atoms with van der Waals surface area (Å²) in [6, 6.07) is 24.3. The molecule has 126 valence electrons. The van der Waals surface area contributed by atoms with E-state index >= 15 is 0 Å². The Morgan fingerprint density at radius 3 is 2.08 bits per heavy atom. The van der Waals surface area contributed by atoms with Crippen molar-refractivity contribution in [3.8, 4) is 11.1 Å². The van der Waals surface area contributed by atoms with Crippen LogP contribution in [0.5, 0.6) is 0 Å². The highest BCUT2D eigenvalue weighted by molar-refractivity contribution is 5.78. The van der Waals surface area contributed by atoms with E-state index in [2.05, 4.69) is 98.1 Å². The molecule has 4 rings (SSSR count). The van der Waals surface area contributed by atoms with Gasteiger partial charge in [-0.25, -0.2) is 10.4 Å². The Balaban J connectivity index is 1.61. The second-order valence-corrected chi connectivity index (χ2v) is 7.02. The molecule has 1 aliphatic rings. The number of benzene rings is 3. The van der Waals surface area contributed by atoms with Gasteiger partial charge < -0.3 is 0 Å². The summed E-state index contributed by atoms with van der Waals surface area (Å²) in [4.78, 5) is 0. The molecule has 2 heteroatoms. The zero-order valence-corrected chi connectivity index (χ0v) is 15.1. The minimum Gasteiger partial charge on any atom is -0.243 e. The van der Waals surface area contributed by atoms with Crippen LogP contribution < -0.4 is 5.43 Å². The van der Waals surface area contributed by atoms with Crippen molar-refractivity contribution in [1.29, 1.82) is 0 Å². The van der Waals surface area contributed by atoms with Crippen molar-refractivity contribution in [2.24, 2.45) is 0 Å². The van der Waals surface area contributed by atoms with Gasteiger partial charge in [-0.1, -0.05) is 72.3 Å². The molecule has 25 heavy (non-hydrogen) atoms. The Kier molecular flexibility index (Phi) is 4.16. The second-order valence-electron chi connectivity index (χ2n) is 7.02. The summed E-state index contributed by atoms with van der Waals surface area (Å²) in [6.07, 6.45) is 0. The fourth-order valence-corrected chi connectivity index (χ4v) is 3.79. The first-order valence-corrected chi connectivity index (χ1v) is 8.85. The normalized spacial score (nSPS) is 13.1. The van der Waals surface area contributed by atoms with Gasteiger partial charge in [0, 0.05) is 13.6 Å². The number of hydrogen-bond donors (Lipinski definition) is 1. The van der Waals surface area contributed by atoms with Gasteiger partial charge in [0.05, 0.1) is 6.04 Å². The molecule has 0 heterocycles. The SMILES string of the molecule is Cc1ccc(C)c(CN(C)NC2c3ccccc3-c3ccccc32)c1. The van der Waals surface area contributed by atoms with Crippen LogP contribution in [0, 0.1) is 13.8 Å². The summed E-state index contributed by atoms with van der Waals surface area (Å²) in [5, 5.41) is 2.21. The lowest BCUT2D eigenvalue weighted by Crippen LogP contribution is -2.37. The van der Waals surface area contributed by atoms with Gasteiger partial charge in [-0.05, 0) is 47.2 Å². The third kappa shape index (κ3) is 2.99. The van der Waals surface area contributed by atoms with Gasteiger partial charge in [-0.2, -0.15) is 0 Å². The van der Waals surface area contributed by atoms with Gasteiger partial charge in [0.25, 0.3) is 0 Å². The highest BCUT2D eigenvalue weighted by atomic mass is 15.5. The standard InChI is InChI=1S/C23H24N2/c1-16-12-13-17(2)18(14-16)15-25(3)24-23-21-10-6-4-8-19(21)20-9-5-7-11-22(20)23/h4-14,23-24H,15H2,1-3H3. The number of aryl methyl sites for hydroxylation is 2. The molecule has 1 N–H and O–H groups in total. The molecular formula is C23H24N2. The lowest BCUT2D eigenvalue weighted by molar-refractivity contribution is 0.205. The van der Waals surface area contributed by atoms with Gasteiger partial charge in [0.1, 0.15) is 0 Å². The predicted octanol–water partition coefficient (Wildman–Crippen LogP) is 5.01. The van der Waals surface area contributed by atoms with E-state index in [0.29, 0.717) is 0 Å². The maximum Gasteiger partial charge on any atom is 0.0726 e. The van der Waals surface area contributed by atoms with E-state index in [9.17, 15) is 0 Å². The first-order valence-electron chi connectivity index (χ1n) is 8.85. The molecule has 3 aromatic rings. The molecule has 1 aliphatic carbocycles. The summed E-state index contributed by atoms with van der Waals surface area (Å²) in [5.74, 6) is 0. The van der Waals surface area contributed by atoms with E-state index in [4.69, 9.17) is 0 Å². The van der Waals surface area contributed by atoms with Crippen LogP contribution in [-0.2, 0) is 6.54 Å². The zero-order chi connectivity index (χ0) is 17.4. The Hall–Kier alpha value is -2.42. The predicted molar refractivity (Wildman–Crippen MR) is 104 cm³/mol. The summed E-state index contributed by atoms with van der Waals surface area (Å²) >= 11 is 0. The number of nitrogens with one attached hydrogen (secondary N) is 1. The third-order valence-corrected chi connectivity index (χ3v) is 5.10. The van der Waals surface area contributed by atoms with Crippen LogP contribution in [-0.4, -0.2) is 12.1 Å². The zero-order valence-electron chi connectivity index (χ0n) is 15.1. The Labute approximate surface area is 150 Å². The first kappa shape index (κ1) is 16.1. The van der Waals surface area contributed by atoms with E-state index in [1.807, 2.05) is 0 Å². The Morgan fingerprint density at radius 2 is 1.44 bits per heavy atom. The second kappa shape index (κ2) is 6.47. The molecule has 0 saturated carbocycles. The summed E-state index contributed by atoms with van der Waals surface area (Å²) < 4.78 is 0. The molecule has 2 nitrogen and oxygen atoms in total. The van der Waals surface area contributed by atoms with Crippen LogP contribution >= 0.6 is 0 Å². The number of hydrazine groups is 1. The molecular weight excluding hydrogens is 304 g/mol. The molecule has 0 fully saturated rings. The lowest BCUT2D eigenvalue weighted by Gasteiger charge is -2.25. The van der Waals surface area contributed by atoms with Crippen LogP contribution in [0.25, 0.3) is 11.1 Å². The fraction of sp³-hybridized carbons (Fsp3) is 0.217. The number of hydrogen-bond acceptors (Lipinski definition) is 2. The van der Waals surface area contributed by atoms with Crippen LogP contribution in [0.3, 0.4) is 0 Å². The third-order valence-electron chi connectivity index (χ3n) is 5.10. The van der Waals surface area contributed by atoms with Gasteiger partial charge in [-0.15, -0.1) is 0 Å². The van der Waals surface area contributed by atoms with Gasteiger partial charge in [-0.3, -0.25) is 0 Å². The summed E-state index contributed by atoms with van der Waals surface area (Å²) in [5.41, 5.74) is 13.1. The smallest absolute Gasteiger partial charge is 0.0726 e. The Bertz CT molecular complexity index is 868. The van der Waals surface area contributed by atoms with Crippen molar-refractivity contribution >= 4 is 0 Å². The molecule has 0 unspecified atom stereocenters. The lowest BCUT2D eigenvalue weighted by atomic mass is 10.1. The first-order chi connectivity index (χ1) is 12.1. The maximum absolute atomic E-state index is 3.72. The Morgan fingerprint density at radius 1 is 0.840 bits per heavy atom. The van der Waals surface area contributed by atoms with Crippen molar-refractivity contribution in [3.63, 3.8) is 0 Å². The molecule has 0 aromatic heterocycles. The van der Waals surface area contributed by atoms with Crippen LogP contribution in [0.1, 0.15) is 33.9 Å². The number of nitrogens with zero attached hydrogens (tertiary/aromatic N) is 1. The van der Waals surface area contributed by atoms with E-state index in [-0.39, 0.29) is 6.04 Å². The summed E-state index contributed by atoms with van der Waals surface area (Å²) in [7, 11) is 2.13. The van der Waals surface area contributed by atoms with Crippen molar-refractivity contribution in [1.82, 2.24) is 10.4 Å².